The zero-order valence-electron chi connectivity index (χ0n) is 11.1. The molecular formula is C14H11F2N5. The molecule has 0 radical (unpaired) electrons. The van der Waals surface area contributed by atoms with Crippen molar-refractivity contribution < 1.29 is 8.78 Å². The predicted molar refractivity (Wildman–Crippen MR) is 73.7 cm³/mol. The van der Waals surface area contributed by atoms with Gasteiger partial charge in [-0.25, -0.2) is 8.78 Å². The van der Waals surface area contributed by atoms with Crippen molar-refractivity contribution in [2.75, 3.05) is 5.73 Å². The maximum atomic E-state index is 14.0. The normalized spacial score (nSPS) is 10.8. The summed E-state index contributed by atoms with van der Waals surface area (Å²) in [6, 6.07) is 8.74. The number of hydrogen-bond acceptors (Lipinski definition) is 4. The monoisotopic (exact) mass is 287 g/mol. The summed E-state index contributed by atoms with van der Waals surface area (Å²) in [7, 11) is 0. The number of anilines is 1. The van der Waals surface area contributed by atoms with Crippen molar-refractivity contribution >= 4 is 5.69 Å². The standard InChI is InChI=1S/C14H11F2N5/c1-8-2-4-11(16)13(6-8)21-14(18-19-20-21)9-3-5-10(15)12(17)7-9/h2-7H,17H2,1H3. The summed E-state index contributed by atoms with van der Waals surface area (Å²) < 4.78 is 28.5. The van der Waals surface area contributed by atoms with E-state index in [1.54, 1.807) is 12.1 Å². The highest BCUT2D eigenvalue weighted by molar-refractivity contribution is 5.63. The molecule has 0 bridgehead atoms. The van der Waals surface area contributed by atoms with Crippen molar-refractivity contribution in [2.45, 2.75) is 6.92 Å². The van der Waals surface area contributed by atoms with Crippen LogP contribution < -0.4 is 5.73 Å². The molecule has 0 aliphatic carbocycles. The van der Waals surface area contributed by atoms with Crippen LogP contribution in [0.4, 0.5) is 14.5 Å². The zero-order chi connectivity index (χ0) is 15.0. The second-order valence-corrected chi connectivity index (χ2v) is 4.61. The molecule has 3 rings (SSSR count). The third-order valence-corrected chi connectivity index (χ3v) is 3.05. The fourth-order valence-electron chi connectivity index (χ4n) is 2.00. The van der Waals surface area contributed by atoms with Crippen LogP contribution in [-0.2, 0) is 0 Å². The van der Waals surface area contributed by atoms with E-state index in [1.807, 2.05) is 6.92 Å². The summed E-state index contributed by atoms with van der Waals surface area (Å²) in [6.07, 6.45) is 0. The van der Waals surface area contributed by atoms with Crippen LogP contribution >= 0.6 is 0 Å². The van der Waals surface area contributed by atoms with Gasteiger partial charge in [0, 0.05) is 5.56 Å². The van der Waals surface area contributed by atoms with Crippen molar-refractivity contribution in [1.29, 1.82) is 0 Å². The first-order valence-electron chi connectivity index (χ1n) is 6.16. The minimum atomic E-state index is -0.528. The van der Waals surface area contributed by atoms with Gasteiger partial charge in [0.25, 0.3) is 0 Å². The van der Waals surface area contributed by atoms with Crippen molar-refractivity contribution in [3.63, 3.8) is 0 Å². The highest BCUT2D eigenvalue weighted by atomic mass is 19.1. The maximum absolute atomic E-state index is 14.0. The average Bonchev–Trinajstić information content (AvgIpc) is 2.93. The molecule has 0 atom stereocenters. The summed E-state index contributed by atoms with van der Waals surface area (Å²) in [5.74, 6) is -0.699. The number of nitrogen functional groups attached to an aromatic ring is 1. The van der Waals surface area contributed by atoms with Gasteiger partial charge in [-0.05, 0) is 53.2 Å². The van der Waals surface area contributed by atoms with Gasteiger partial charge >= 0.3 is 0 Å². The number of benzene rings is 2. The largest absolute Gasteiger partial charge is 0.396 e. The van der Waals surface area contributed by atoms with E-state index in [4.69, 9.17) is 5.73 Å². The second kappa shape index (κ2) is 4.93. The SMILES string of the molecule is Cc1ccc(F)c(-n2nnnc2-c2ccc(F)c(N)c2)c1. The summed E-state index contributed by atoms with van der Waals surface area (Å²) >= 11 is 0. The van der Waals surface area contributed by atoms with Gasteiger partial charge in [-0.15, -0.1) is 5.10 Å². The lowest BCUT2D eigenvalue weighted by Crippen LogP contribution is -2.03. The number of aromatic nitrogens is 4. The molecule has 0 saturated carbocycles. The van der Waals surface area contributed by atoms with Crippen LogP contribution in [0.2, 0.25) is 0 Å². The Bertz CT molecular complexity index is 813. The Morgan fingerprint density at radius 2 is 1.81 bits per heavy atom. The van der Waals surface area contributed by atoms with E-state index in [0.717, 1.165) is 5.56 Å². The molecule has 0 unspecified atom stereocenters. The van der Waals surface area contributed by atoms with E-state index in [9.17, 15) is 8.78 Å². The van der Waals surface area contributed by atoms with Crippen molar-refractivity contribution in [2.24, 2.45) is 0 Å². The summed E-state index contributed by atoms with van der Waals surface area (Å²) in [5.41, 5.74) is 7.11. The number of rotatable bonds is 2. The summed E-state index contributed by atoms with van der Waals surface area (Å²) in [6.45, 7) is 1.84. The molecule has 0 saturated heterocycles. The van der Waals surface area contributed by atoms with Gasteiger partial charge in [-0.1, -0.05) is 6.07 Å². The van der Waals surface area contributed by atoms with Crippen LogP contribution in [-0.4, -0.2) is 20.2 Å². The number of nitrogens with two attached hydrogens (primary N) is 1. The first-order valence-corrected chi connectivity index (χ1v) is 6.16. The van der Waals surface area contributed by atoms with Crippen LogP contribution in [0.15, 0.2) is 36.4 Å². The zero-order valence-corrected chi connectivity index (χ0v) is 11.1. The lowest BCUT2D eigenvalue weighted by atomic mass is 10.1. The lowest BCUT2D eigenvalue weighted by Gasteiger charge is -2.07. The van der Waals surface area contributed by atoms with Gasteiger partial charge in [0.1, 0.15) is 17.3 Å². The van der Waals surface area contributed by atoms with E-state index in [2.05, 4.69) is 15.5 Å². The minimum absolute atomic E-state index is 0.0215. The smallest absolute Gasteiger partial charge is 0.187 e. The number of hydrogen-bond donors (Lipinski definition) is 1. The van der Waals surface area contributed by atoms with Gasteiger partial charge in [-0.3, -0.25) is 0 Å². The van der Waals surface area contributed by atoms with Crippen molar-refractivity contribution in [3.8, 4) is 17.1 Å². The predicted octanol–water partition coefficient (Wildman–Crippen LogP) is 2.50. The van der Waals surface area contributed by atoms with Crippen molar-refractivity contribution in [1.82, 2.24) is 20.2 Å². The van der Waals surface area contributed by atoms with Gasteiger partial charge in [-0.2, -0.15) is 4.68 Å². The van der Waals surface area contributed by atoms with Crippen molar-refractivity contribution in [3.05, 3.63) is 53.6 Å². The van der Waals surface area contributed by atoms with Gasteiger partial charge in [0.15, 0.2) is 5.82 Å². The van der Waals surface area contributed by atoms with E-state index >= 15 is 0 Å². The molecule has 5 nitrogen and oxygen atoms in total. The van der Waals surface area contributed by atoms with Gasteiger partial charge in [0.05, 0.1) is 5.69 Å². The molecule has 0 aliphatic heterocycles. The molecule has 1 heterocycles. The lowest BCUT2D eigenvalue weighted by molar-refractivity contribution is 0.607. The minimum Gasteiger partial charge on any atom is -0.396 e. The number of halogens is 2. The topological polar surface area (TPSA) is 69.6 Å². The molecule has 0 fully saturated rings. The van der Waals surface area contributed by atoms with Crippen LogP contribution in [0.25, 0.3) is 17.1 Å². The maximum Gasteiger partial charge on any atom is 0.187 e. The highest BCUT2D eigenvalue weighted by Gasteiger charge is 2.15. The Morgan fingerprint density at radius 1 is 1.05 bits per heavy atom. The molecule has 2 aromatic carbocycles. The third-order valence-electron chi connectivity index (χ3n) is 3.05. The van der Waals surface area contributed by atoms with Crippen LogP contribution in [0.3, 0.4) is 0 Å². The summed E-state index contributed by atoms with van der Waals surface area (Å²) in [5, 5.41) is 11.2. The molecule has 0 aliphatic rings. The number of tetrazole rings is 1. The van der Waals surface area contributed by atoms with E-state index < -0.39 is 11.6 Å². The fourth-order valence-corrected chi connectivity index (χ4v) is 2.00. The molecule has 21 heavy (non-hydrogen) atoms. The Hall–Kier alpha value is -2.83. The molecular weight excluding hydrogens is 276 g/mol. The molecule has 106 valence electrons. The van der Waals surface area contributed by atoms with Crippen LogP contribution in [0.5, 0.6) is 0 Å². The highest BCUT2D eigenvalue weighted by Crippen LogP contribution is 2.24. The van der Waals surface area contributed by atoms with Gasteiger partial charge in [0.2, 0.25) is 0 Å². The molecule has 0 spiro atoms. The molecule has 7 heteroatoms. The quantitative estimate of drug-likeness (QED) is 0.735. The van der Waals surface area contributed by atoms with Crippen LogP contribution in [0.1, 0.15) is 5.56 Å². The second-order valence-electron chi connectivity index (χ2n) is 4.61. The van der Waals surface area contributed by atoms with E-state index in [1.165, 1.54) is 28.9 Å². The molecule has 3 aromatic rings. The van der Waals surface area contributed by atoms with Gasteiger partial charge < -0.3 is 5.73 Å². The molecule has 0 amide bonds. The Labute approximate surface area is 119 Å². The Balaban J connectivity index is 2.17. The third kappa shape index (κ3) is 2.33. The average molecular weight is 287 g/mol. The number of nitrogens with zero attached hydrogens (tertiary/aromatic N) is 4. The first-order chi connectivity index (χ1) is 10.1. The van der Waals surface area contributed by atoms with E-state index in [-0.39, 0.29) is 17.2 Å². The first kappa shape index (κ1) is 13.2. The Kier molecular flexibility index (Phi) is 3.09. The Morgan fingerprint density at radius 3 is 2.57 bits per heavy atom. The number of aryl methyl sites for hydroxylation is 1. The summed E-state index contributed by atoms with van der Waals surface area (Å²) in [4.78, 5) is 0. The van der Waals surface area contributed by atoms with E-state index in [0.29, 0.717) is 5.56 Å². The molecule has 2 N–H and O–H groups in total. The van der Waals surface area contributed by atoms with Crippen LogP contribution in [0, 0.1) is 18.6 Å². The molecule has 1 aromatic heterocycles. The fraction of sp³-hybridized carbons (Fsp3) is 0.0714.